The number of hydrogen-bond acceptors (Lipinski definition) is 3. The summed E-state index contributed by atoms with van der Waals surface area (Å²) in [6.45, 7) is 0.776. The highest BCUT2D eigenvalue weighted by Crippen LogP contribution is 2.26. The fourth-order valence-electron chi connectivity index (χ4n) is 2.04. The Bertz CT molecular complexity index is 185. The van der Waals surface area contributed by atoms with Crippen molar-refractivity contribution in [3.05, 3.63) is 0 Å². The molecular formula is C10H16O3. The second kappa shape index (κ2) is 4.09. The van der Waals surface area contributed by atoms with Crippen molar-refractivity contribution in [2.45, 2.75) is 44.8 Å². The third kappa shape index (κ3) is 2.44. The smallest absolute Gasteiger partial charge is 0.308 e. The second-order valence-electron chi connectivity index (χ2n) is 3.94. The third-order valence-corrected chi connectivity index (χ3v) is 2.84. The standard InChI is InChI=1S/C10H16O3/c11-9-5-6-10(13-9)12-7-8-3-1-2-4-8/h8,10H,1-7H2. The molecule has 0 radical (unpaired) electrons. The Morgan fingerprint density at radius 1 is 1.31 bits per heavy atom. The topological polar surface area (TPSA) is 35.5 Å². The van der Waals surface area contributed by atoms with E-state index in [1.807, 2.05) is 0 Å². The molecule has 0 spiro atoms. The van der Waals surface area contributed by atoms with Crippen LogP contribution in [-0.2, 0) is 14.3 Å². The molecule has 2 rings (SSSR count). The number of hydrogen-bond donors (Lipinski definition) is 0. The summed E-state index contributed by atoms with van der Waals surface area (Å²) in [5.74, 6) is 0.593. The van der Waals surface area contributed by atoms with Crippen LogP contribution >= 0.6 is 0 Å². The molecule has 0 N–H and O–H groups in total. The first-order valence-corrected chi connectivity index (χ1v) is 5.15. The molecule has 1 atom stereocenters. The first kappa shape index (κ1) is 9.00. The SMILES string of the molecule is O=C1CCC(OCC2CCCC2)O1. The number of rotatable bonds is 3. The molecule has 1 saturated heterocycles. The van der Waals surface area contributed by atoms with Gasteiger partial charge in [-0.15, -0.1) is 0 Å². The average molecular weight is 184 g/mol. The first-order valence-electron chi connectivity index (χ1n) is 5.15. The fourth-order valence-corrected chi connectivity index (χ4v) is 2.04. The zero-order valence-electron chi connectivity index (χ0n) is 7.83. The van der Waals surface area contributed by atoms with Crippen molar-refractivity contribution in [2.24, 2.45) is 5.92 Å². The van der Waals surface area contributed by atoms with Gasteiger partial charge < -0.3 is 9.47 Å². The normalized spacial score (nSPS) is 29.5. The summed E-state index contributed by atoms with van der Waals surface area (Å²) in [7, 11) is 0. The van der Waals surface area contributed by atoms with Gasteiger partial charge in [-0.1, -0.05) is 12.8 Å². The largest absolute Gasteiger partial charge is 0.436 e. The van der Waals surface area contributed by atoms with Crippen LogP contribution in [0.2, 0.25) is 0 Å². The van der Waals surface area contributed by atoms with E-state index in [0.717, 1.165) is 13.0 Å². The molecule has 0 aromatic rings. The Hall–Kier alpha value is -0.570. The molecule has 1 aliphatic heterocycles. The van der Waals surface area contributed by atoms with Gasteiger partial charge in [0.25, 0.3) is 0 Å². The second-order valence-corrected chi connectivity index (χ2v) is 3.94. The van der Waals surface area contributed by atoms with Gasteiger partial charge in [0.05, 0.1) is 13.0 Å². The van der Waals surface area contributed by atoms with Gasteiger partial charge in [-0.25, -0.2) is 0 Å². The van der Waals surface area contributed by atoms with Crippen molar-refractivity contribution in [2.75, 3.05) is 6.61 Å². The summed E-state index contributed by atoms with van der Waals surface area (Å²) in [4.78, 5) is 10.7. The lowest BCUT2D eigenvalue weighted by molar-refractivity contribution is -0.164. The summed E-state index contributed by atoms with van der Waals surface area (Å²) in [5, 5.41) is 0. The molecule has 0 aromatic heterocycles. The van der Waals surface area contributed by atoms with E-state index in [2.05, 4.69) is 0 Å². The first-order chi connectivity index (χ1) is 6.34. The van der Waals surface area contributed by atoms with Gasteiger partial charge in [0, 0.05) is 6.42 Å². The van der Waals surface area contributed by atoms with Crippen molar-refractivity contribution < 1.29 is 14.3 Å². The van der Waals surface area contributed by atoms with E-state index in [4.69, 9.17) is 9.47 Å². The Labute approximate surface area is 78.4 Å². The third-order valence-electron chi connectivity index (χ3n) is 2.84. The minimum Gasteiger partial charge on any atom is -0.436 e. The molecule has 3 nitrogen and oxygen atoms in total. The Morgan fingerprint density at radius 2 is 2.08 bits per heavy atom. The molecule has 3 heteroatoms. The quantitative estimate of drug-likeness (QED) is 0.628. The van der Waals surface area contributed by atoms with Crippen molar-refractivity contribution in [1.82, 2.24) is 0 Å². The maximum Gasteiger partial charge on any atom is 0.308 e. The number of ether oxygens (including phenoxy) is 2. The van der Waals surface area contributed by atoms with Crippen molar-refractivity contribution in [3.63, 3.8) is 0 Å². The predicted octanol–water partition coefficient (Wildman–Crippen LogP) is 1.86. The molecule has 2 fully saturated rings. The molecule has 1 heterocycles. The van der Waals surface area contributed by atoms with E-state index in [1.165, 1.54) is 25.7 Å². The maximum atomic E-state index is 10.7. The van der Waals surface area contributed by atoms with E-state index >= 15 is 0 Å². The van der Waals surface area contributed by atoms with Gasteiger partial charge in [0.15, 0.2) is 0 Å². The number of cyclic esters (lactones) is 1. The van der Waals surface area contributed by atoms with Crippen molar-refractivity contribution in [3.8, 4) is 0 Å². The predicted molar refractivity (Wildman–Crippen MR) is 47.0 cm³/mol. The molecule has 2 aliphatic rings. The van der Waals surface area contributed by atoms with Crippen LogP contribution < -0.4 is 0 Å². The molecule has 1 unspecified atom stereocenters. The lowest BCUT2D eigenvalue weighted by atomic mass is 10.1. The maximum absolute atomic E-state index is 10.7. The van der Waals surface area contributed by atoms with Crippen molar-refractivity contribution >= 4 is 5.97 Å². The van der Waals surface area contributed by atoms with Gasteiger partial charge in [0.2, 0.25) is 6.29 Å². The lowest BCUT2D eigenvalue weighted by Crippen LogP contribution is -2.16. The van der Waals surface area contributed by atoms with Crippen LogP contribution in [0.3, 0.4) is 0 Å². The van der Waals surface area contributed by atoms with E-state index in [1.54, 1.807) is 0 Å². The number of carbonyl (C=O) groups excluding carboxylic acids is 1. The Kier molecular flexibility index (Phi) is 2.83. The minimum absolute atomic E-state index is 0.114. The van der Waals surface area contributed by atoms with E-state index < -0.39 is 0 Å². The molecular weight excluding hydrogens is 168 g/mol. The van der Waals surface area contributed by atoms with Crippen LogP contribution in [0.1, 0.15) is 38.5 Å². The summed E-state index contributed by atoms with van der Waals surface area (Å²) >= 11 is 0. The van der Waals surface area contributed by atoms with Crippen LogP contribution in [0.4, 0.5) is 0 Å². The lowest BCUT2D eigenvalue weighted by Gasteiger charge is -2.13. The van der Waals surface area contributed by atoms with E-state index in [0.29, 0.717) is 12.3 Å². The highest BCUT2D eigenvalue weighted by molar-refractivity contribution is 5.71. The molecule has 1 saturated carbocycles. The van der Waals surface area contributed by atoms with Gasteiger partial charge in [-0.05, 0) is 18.8 Å². The zero-order chi connectivity index (χ0) is 9.10. The summed E-state index contributed by atoms with van der Waals surface area (Å²) in [6.07, 6.45) is 6.24. The Balaban J connectivity index is 1.64. The molecule has 0 bridgehead atoms. The highest BCUT2D eigenvalue weighted by Gasteiger charge is 2.25. The zero-order valence-corrected chi connectivity index (χ0v) is 7.83. The molecule has 0 amide bonds. The molecule has 74 valence electrons. The van der Waals surface area contributed by atoms with Gasteiger partial charge in [-0.2, -0.15) is 0 Å². The Morgan fingerprint density at radius 3 is 2.69 bits per heavy atom. The summed E-state index contributed by atoms with van der Waals surface area (Å²) in [6, 6.07) is 0. The summed E-state index contributed by atoms with van der Waals surface area (Å²) < 4.78 is 10.5. The molecule has 1 aliphatic carbocycles. The number of esters is 1. The fraction of sp³-hybridized carbons (Fsp3) is 0.900. The van der Waals surface area contributed by atoms with Crippen LogP contribution in [-0.4, -0.2) is 18.9 Å². The molecule has 13 heavy (non-hydrogen) atoms. The minimum atomic E-state index is -0.242. The van der Waals surface area contributed by atoms with E-state index in [-0.39, 0.29) is 12.3 Å². The van der Waals surface area contributed by atoms with E-state index in [9.17, 15) is 4.79 Å². The van der Waals surface area contributed by atoms with Crippen molar-refractivity contribution in [1.29, 1.82) is 0 Å². The van der Waals surface area contributed by atoms with Crippen LogP contribution in [0, 0.1) is 5.92 Å². The number of carbonyl (C=O) groups is 1. The highest BCUT2D eigenvalue weighted by atomic mass is 16.7. The van der Waals surface area contributed by atoms with Gasteiger partial charge in [0.1, 0.15) is 0 Å². The average Bonchev–Trinajstić information content (AvgIpc) is 2.71. The van der Waals surface area contributed by atoms with Crippen LogP contribution in [0.15, 0.2) is 0 Å². The van der Waals surface area contributed by atoms with Gasteiger partial charge in [-0.3, -0.25) is 4.79 Å². The monoisotopic (exact) mass is 184 g/mol. The van der Waals surface area contributed by atoms with Crippen LogP contribution in [0.5, 0.6) is 0 Å². The van der Waals surface area contributed by atoms with Gasteiger partial charge >= 0.3 is 5.97 Å². The molecule has 0 aromatic carbocycles. The summed E-state index contributed by atoms with van der Waals surface area (Å²) in [5.41, 5.74) is 0. The van der Waals surface area contributed by atoms with Crippen LogP contribution in [0.25, 0.3) is 0 Å².